The van der Waals surface area contributed by atoms with Crippen molar-refractivity contribution in [1.29, 1.82) is 0 Å². The lowest BCUT2D eigenvalue weighted by Crippen LogP contribution is -2.22. The molecule has 0 fully saturated rings. The van der Waals surface area contributed by atoms with Crippen LogP contribution in [0.25, 0.3) is 0 Å². The molecule has 34 heavy (non-hydrogen) atoms. The number of aliphatic hydroxyl groups excluding tert-OH is 1. The molecule has 0 saturated carbocycles. The molecule has 5 nitrogen and oxygen atoms in total. The first-order chi connectivity index (χ1) is 16.3. The Bertz CT molecular complexity index is 1240. The minimum Gasteiger partial charge on any atom is -0.397 e. The average Bonchev–Trinajstić information content (AvgIpc) is 3.23. The Labute approximate surface area is 214 Å². The number of nitrogens with zero attached hydrogens (tertiary/aromatic N) is 2. The van der Waals surface area contributed by atoms with Crippen molar-refractivity contribution in [2.75, 3.05) is 11.5 Å². The predicted molar refractivity (Wildman–Crippen MR) is 140 cm³/mol. The zero-order chi connectivity index (χ0) is 24.6. The van der Waals surface area contributed by atoms with Gasteiger partial charge in [-0.1, -0.05) is 95.2 Å². The first kappa shape index (κ1) is 26.2. The van der Waals surface area contributed by atoms with Crippen LogP contribution >= 0.6 is 34.5 Å². The number of sulfone groups is 1. The van der Waals surface area contributed by atoms with E-state index in [0.717, 1.165) is 22.5 Å². The van der Waals surface area contributed by atoms with Crippen molar-refractivity contribution in [1.82, 2.24) is 4.98 Å². The van der Waals surface area contributed by atoms with E-state index in [1.54, 1.807) is 6.92 Å². The molecule has 0 aliphatic carbocycles. The third-order valence-corrected chi connectivity index (χ3v) is 8.13. The number of benzene rings is 3. The van der Waals surface area contributed by atoms with Crippen molar-refractivity contribution in [2.24, 2.45) is 0 Å². The van der Waals surface area contributed by atoms with Crippen molar-refractivity contribution in [3.05, 3.63) is 105 Å². The van der Waals surface area contributed by atoms with Gasteiger partial charge in [0, 0.05) is 24.7 Å². The lowest BCUT2D eigenvalue weighted by Gasteiger charge is -2.22. The van der Waals surface area contributed by atoms with Crippen LogP contribution in [0.5, 0.6) is 0 Å². The minimum atomic E-state index is -3.86. The zero-order valence-corrected chi connectivity index (χ0v) is 21.6. The second-order valence-corrected chi connectivity index (χ2v) is 11.1. The molecule has 0 amide bonds. The number of hydrogen-bond acceptors (Lipinski definition) is 6. The summed E-state index contributed by atoms with van der Waals surface area (Å²) in [6.45, 7) is 3.07. The fraction of sp³-hybridized carbons (Fsp3) is 0.160. The van der Waals surface area contributed by atoms with Crippen LogP contribution < -0.4 is 4.90 Å². The van der Waals surface area contributed by atoms with Gasteiger partial charge in [-0.05, 0) is 42.3 Å². The van der Waals surface area contributed by atoms with Gasteiger partial charge in [0.05, 0.1) is 4.90 Å². The van der Waals surface area contributed by atoms with Crippen molar-refractivity contribution in [2.45, 2.75) is 29.9 Å². The van der Waals surface area contributed by atoms with E-state index < -0.39 is 9.84 Å². The second-order valence-electron chi connectivity index (χ2n) is 7.18. The summed E-state index contributed by atoms with van der Waals surface area (Å²) in [6, 6.07) is 25.9. The van der Waals surface area contributed by atoms with E-state index in [1.807, 2.05) is 65.6 Å². The Hall–Kier alpha value is -2.42. The van der Waals surface area contributed by atoms with Crippen LogP contribution in [0.3, 0.4) is 0 Å². The molecule has 4 aromatic rings. The lowest BCUT2D eigenvalue weighted by molar-refractivity contribution is 0.318. The van der Waals surface area contributed by atoms with Crippen LogP contribution in [-0.2, 0) is 22.9 Å². The Kier molecular flexibility index (Phi) is 9.50. The highest BCUT2D eigenvalue weighted by Crippen LogP contribution is 2.37. The Morgan fingerprint density at radius 2 is 1.32 bits per heavy atom. The van der Waals surface area contributed by atoms with Gasteiger partial charge in [-0.2, -0.15) is 0 Å². The Balaban J connectivity index is 0.00000103. The van der Waals surface area contributed by atoms with E-state index in [1.165, 1.54) is 24.3 Å². The molecule has 178 valence electrons. The molecule has 3 aromatic carbocycles. The average molecular weight is 536 g/mol. The Morgan fingerprint density at radius 1 is 0.853 bits per heavy atom. The van der Waals surface area contributed by atoms with Crippen molar-refractivity contribution >= 4 is 49.5 Å². The van der Waals surface area contributed by atoms with Gasteiger partial charge in [0.2, 0.25) is 9.84 Å². The summed E-state index contributed by atoms with van der Waals surface area (Å²) in [5, 5.41) is 8.44. The molecule has 0 saturated heterocycles. The van der Waals surface area contributed by atoms with Crippen molar-refractivity contribution < 1.29 is 13.5 Å². The maximum atomic E-state index is 13.1. The van der Waals surface area contributed by atoms with E-state index in [-0.39, 0.29) is 20.9 Å². The van der Waals surface area contributed by atoms with Crippen LogP contribution in [0.15, 0.2) is 94.9 Å². The van der Waals surface area contributed by atoms with Gasteiger partial charge < -0.3 is 10.0 Å². The molecule has 0 aliphatic rings. The van der Waals surface area contributed by atoms with Gasteiger partial charge in [0.15, 0.2) is 10.2 Å². The van der Waals surface area contributed by atoms with Crippen LogP contribution in [0, 0.1) is 0 Å². The summed E-state index contributed by atoms with van der Waals surface area (Å²) < 4.78 is 26.4. The summed E-state index contributed by atoms with van der Waals surface area (Å²) in [6.07, 6.45) is 0. The van der Waals surface area contributed by atoms with Crippen molar-refractivity contribution in [3.8, 4) is 0 Å². The summed E-state index contributed by atoms with van der Waals surface area (Å²) in [5.74, 6) is 0. The molecule has 0 bridgehead atoms. The van der Waals surface area contributed by atoms with E-state index in [4.69, 9.17) is 28.3 Å². The molecule has 1 N–H and O–H groups in total. The third-order valence-electron chi connectivity index (χ3n) is 4.63. The molecule has 0 aliphatic heterocycles. The number of rotatable bonds is 7. The maximum Gasteiger partial charge on any atom is 0.226 e. The quantitative estimate of drug-likeness (QED) is 0.293. The highest BCUT2D eigenvalue weighted by atomic mass is 35.5. The van der Waals surface area contributed by atoms with Crippen LogP contribution in [-0.4, -0.2) is 25.1 Å². The normalized spacial score (nSPS) is 10.9. The van der Waals surface area contributed by atoms with Gasteiger partial charge in [-0.15, -0.1) is 0 Å². The van der Waals surface area contributed by atoms with Crippen LogP contribution in [0.1, 0.15) is 18.1 Å². The molecule has 1 heterocycles. The van der Waals surface area contributed by atoms with E-state index in [0.29, 0.717) is 23.2 Å². The molecule has 0 atom stereocenters. The molecule has 1 aromatic heterocycles. The number of aromatic nitrogens is 1. The smallest absolute Gasteiger partial charge is 0.226 e. The summed E-state index contributed by atoms with van der Waals surface area (Å²) in [4.78, 5) is 6.60. The first-order valence-electron chi connectivity index (χ1n) is 10.5. The van der Waals surface area contributed by atoms with E-state index in [9.17, 15) is 8.42 Å². The van der Waals surface area contributed by atoms with Crippen LogP contribution in [0.4, 0.5) is 5.13 Å². The minimum absolute atomic E-state index is 0.105. The molecule has 0 spiro atoms. The lowest BCUT2D eigenvalue weighted by atomic mass is 10.2. The van der Waals surface area contributed by atoms with Gasteiger partial charge in [-0.25, -0.2) is 13.4 Å². The maximum absolute atomic E-state index is 13.1. The SMILES string of the molecule is CCO.O=S(=O)(c1ccc(Cl)cc1)c1nc(N(Cc2ccccc2)Cc2ccccc2)sc1Cl. The second kappa shape index (κ2) is 12.3. The topological polar surface area (TPSA) is 70.5 Å². The van der Waals surface area contributed by atoms with Crippen LogP contribution in [0.2, 0.25) is 9.36 Å². The van der Waals surface area contributed by atoms with Gasteiger partial charge in [0.25, 0.3) is 0 Å². The molecule has 0 unspecified atom stereocenters. The third kappa shape index (κ3) is 6.81. The fourth-order valence-corrected chi connectivity index (χ4v) is 6.12. The molecular weight excluding hydrogens is 511 g/mol. The largest absolute Gasteiger partial charge is 0.397 e. The van der Waals surface area contributed by atoms with Gasteiger partial charge in [-0.3, -0.25) is 0 Å². The van der Waals surface area contributed by atoms with Gasteiger partial charge in [0.1, 0.15) is 4.34 Å². The number of thiazole rings is 1. The number of hydrogen-bond donors (Lipinski definition) is 1. The molecule has 4 rings (SSSR count). The summed E-state index contributed by atoms with van der Waals surface area (Å²) in [5.41, 5.74) is 2.18. The molecule has 0 radical (unpaired) electrons. The van der Waals surface area contributed by atoms with E-state index in [2.05, 4.69) is 4.98 Å². The highest BCUT2D eigenvalue weighted by Gasteiger charge is 2.27. The first-order valence-corrected chi connectivity index (χ1v) is 13.5. The van der Waals surface area contributed by atoms with E-state index >= 15 is 0 Å². The predicted octanol–water partition coefficient (Wildman–Crippen LogP) is 6.49. The number of aliphatic hydroxyl groups is 1. The number of anilines is 1. The summed E-state index contributed by atoms with van der Waals surface area (Å²) >= 11 is 13.4. The zero-order valence-electron chi connectivity index (χ0n) is 18.4. The van der Waals surface area contributed by atoms with Gasteiger partial charge >= 0.3 is 0 Å². The standard InChI is InChI=1S/C23H18Cl2N2O2S2.C2H6O/c24-19-11-13-20(14-12-19)31(28,29)22-21(25)30-23(26-22)27(15-17-7-3-1-4-8-17)16-18-9-5-2-6-10-18;1-2-3/h1-14H,15-16H2;3H,2H2,1H3. The monoisotopic (exact) mass is 534 g/mol. The Morgan fingerprint density at radius 3 is 1.79 bits per heavy atom. The number of halogens is 2. The fourth-order valence-electron chi connectivity index (χ4n) is 3.10. The highest BCUT2D eigenvalue weighted by molar-refractivity contribution is 7.91. The molecular formula is C25H24Cl2N2O3S2. The molecule has 9 heteroatoms. The summed E-state index contributed by atoms with van der Waals surface area (Å²) in [7, 11) is -3.86. The van der Waals surface area contributed by atoms with Crippen molar-refractivity contribution in [3.63, 3.8) is 0 Å².